The van der Waals surface area contributed by atoms with Gasteiger partial charge in [-0.15, -0.1) is 0 Å². The van der Waals surface area contributed by atoms with Gasteiger partial charge in [-0.2, -0.15) is 0 Å². The molecule has 1 heterocycles. The monoisotopic (exact) mass is 406 g/mol. The highest BCUT2D eigenvalue weighted by molar-refractivity contribution is 7.90. The molecule has 0 atom stereocenters. The quantitative estimate of drug-likeness (QED) is 0.539. The molecule has 7 heteroatoms. The summed E-state index contributed by atoms with van der Waals surface area (Å²) in [6.07, 6.45) is 1.30. The van der Waals surface area contributed by atoms with E-state index in [0.29, 0.717) is 11.6 Å². The Labute approximate surface area is 168 Å². The number of anilines is 1. The molecule has 29 heavy (non-hydrogen) atoms. The fraction of sp³-hybridized carbons (Fsp3) is 0.0909. The predicted octanol–water partition coefficient (Wildman–Crippen LogP) is 4.08. The first-order valence-corrected chi connectivity index (χ1v) is 10.8. The molecule has 6 nitrogen and oxygen atoms in total. The first-order valence-electron chi connectivity index (χ1n) is 8.93. The lowest BCUT2D eigenvalue weighted by molar-refractivity contribution is -0.115. The zero-order valence-corrected chi connectivity index (χ0v) is 16.4. The van der Waals surface area contributed by atoms with Gasteiger partial charge in [0.25, 0.3) is 0 Å². The largest absolute Gasteiger partial charge is 0.436 e. The predicted molar refractivity (Wildman–Crippen MR) is 111 cm³/mol. The average molecular weight is 406 g/mol. The lowest BCUT2D eigenvalue weighted by atomic mass is 10.1. The summed E-state index contributed by atoms with van der Waals surface area (Å²) in [5, 5.41) is 2.83. The van der Waals surface area contributed by atoms with Crippen LogP contribution in [0.2, 0.25) is 0 Å². The van der Waals surface area contributed by atoms with Gasteiger partial charge < -0.3 is 9.73 Å². The summed E-state index contributed by atoms with van der Waals surface area (Å²) in [5.41, 5.74) is 3.72. The zero-order chi connectivity index (χ0) is 20.4. The van der Waals surface area contributed by atoms with E-state index in [1.54, 1.807) is 24.3 Å². The minimum atomic E-state index is -3.25. The molecule has 0 bridgehead atoms. The Morgan fingerprint density at radius 1 is 0.966 bits per heavy atom. The Bertz CT molecular complexity index is 1240. The normalized spacial score (nSPS) is 11.5. The third-order valence-electron chi connectivity index (χ3n) is 4.43. The molecule has 0 radical (unpaired) electrons. The van der Waals surface area contributed by atoms with E-state index in [9.17, 15) is 13.2 Å². The van der Waals surface area contributed by atoms with Crippen LogP contribution in [0, 0.1) is 0 Å². The molecule has 0 aliphatic carbocycles. The smallest absolute Gasteiger partial charge is 0.228 e. The number of carbonyl (C=O) groups is 1. The highest BCUT2D eigenvalue weighted by Crippen LogP contribution is 2.25. The third-order valence-corrected chi connectivity index (χ3v) is 5.55. The molecule has 1 amide bonds. The summed E-state index contributed by atoms with van der Waals surface area (Å²) in [7, 11) is -3.25. The van der Waals surface area contributed by atoms with Crippen molar-refractivity contribution in [1.82, 2.24) is 4.98 Å². The molecular formula is C22H18N2O4S. The molecule has 0 spiro atoms. The molecule has 4 aromatic rings. The number of aromatic nitrogens is 1. The van der Waals surface area contributed by atoms with Crippen LogP contribution in [0.25, 0.3) is 22.6 Å². The van der Waals surface area contributed by atoms with Crippen molar-refractivity contribution < 1.29 is 17.6 Å². The number of benzene rings is 3. The molecule has 1 aromatic heterocycles. The Balaban J connectivity index is 1.42. The van der Waals surface area contributed by atoms with E-state index in [-0.39, 0.29) is 17.2 Å². The molecule has 4 rings (SSSR count). The maximum atomic E-state index is 12.3. The molecule has 0 aliphatic heterocycles. The van der Waals surface area contributed by atoms with Crippen LogP contribution in [-0.2, 0) is 21.1 Å². The van der Waals surface area contributed by atoms with Crippen molar-refractivity contribution in [3.05, 3.63) is 78.4 Å². The summed E-state index contributed by atoms with van der Waals surface area (Å²) in [6, 6.07) is 21.1. The van der Waals surface area contributed by atoms with Gasteiger partial charge in [0.15, 0.2) is 15.4 Å². The minimum absolute atomic E-state index is 0.150. The maximum Gasteiger partial charge on any atom is 0.228 e. The Morgan fingerprint density at radius 3 is 2.31 bits per heavy atom. The van der Waals surface area contributed by atoms with Crippen molar-refractivity contribution >= 4 is 32.5 Å². The van der Waals surface area contributed by atoms with Crippen molar-refractivity contribution in [3.63, 3.8) is 0 Å². The topological polar surface area (TPSA) is 89.3 Å². The van der Waals surface area contributed by atoms with Crippen LogP contribution in [0.5, 0.6) is 0 Å². The van der Waals surface area contributed by atoms with E-state index in [4.69, 9.17) is 4.42 Å². The first kappa shape index (κ1) is 18.9. The van der Waals surface area contributed by atoms with Gasteiger partial charge in [0.2, 0.25) is 11.8 Å². The van der Waals surface area contributed by atoms with Gasteiger partial charge >= 0.3 is 0 Å². The molecule has 0 saturated carbocycles. The van der Waals surface area contributed by atoms with E-state index < -0.39 is 9.84 Å². The van der Waals surface area contributed by atoms with Gasteiger partial charge in [-0.05, 0) is 54.1 Å². The highest BCUT2D eigenvalue weighted by Gasteiger charge is 2.10. The summed E-state index contributed by atoms with van der Waals surface area (Å²) in [6.45, 7) is 0. The summed E-state index contributed by atoms with van der Waals surface area (Å²) >= 11 is 0. The van der Waals surface area contributed by atoms with Gasteiger partial charge in [0.1, 0.15) is 5.52 Å². The average Bonchev–Trinajstić information content (AvgIpc) is 3.12. The third kappa shape index (κ3) is 4.35. The van der Waals surface area contributed by atoms with Gasteiger partial charge in [0.05, 0.1) is 11.3 Å². The Morgan fingerprint density at radius 2 is 1.66 bits per heavy atom. The van der Waals surface area contributed by atoms with E-state index >= 15 is 0 Å². The maximum absolute atomic E-state index is 12.3. The van der Waals surface area contributed by atoms with E-state index in [1.165, 1.54) is 12.1 Å². The van der Waals surface area contributed by atoms with Crippen LogP contribution in [0.15, 0.2) is 82.1 Å². The van der Waals surface area contributed by atoms with Crippen LogP contribution >= 0.6 is 0 Å². The molecule has 3 aromatic carbocycles. The van der Waals surface area contributed by atoms with Crippen molar-refractivity contribution in [2.24, 2.45) is 0 Å². The molecule has 0 unspecified atom stereocenters. The van der Waals surface area contributed by atoms with Gasteiger partial charge in [-0.25, -0.2) is 13.4 Å². The van der Waals surface area contributed by atoms with Gasteiger partial charge in [0, 0.05) is 17.5 Å². The van der Waals surface area contributed by atoms with Crippen LogP contribution in [0.3, 0.4) is 0 Å². The number of rotatable bonds is 5. The number of fused-ring (bicyclic) bond motifs is 1. The second kappa shape index (κ2) is 7.52. The van der Waals surface area contributed by atoms with E-state index in [2.05, 4.69) is 10.3 Å². The molecule has 0 saturated heterocycles. The van der Waals surface area contributed by atoms with Crippen LogP contribution in [0.1, 0.15) is 5.56 Å². The summed E-state index contributed by atoms with van der Waals surface area (Å²) in [4.78, 5) is 17.0. The molecule has 0 aliphatic rings. The second-order valence-electron chi connectivity index (χ2n) is 6.71. The highest BCUT2D eigenvalue weighted by atomic mass is 32.2. The number of nitrogens with zero attached hydrogens (tertiary/aromatic N) is 1. The minimum Gasteiger partial charge on any atom is -0.436 e. The lowest BCUT2D eigenvalue weighted by Crippen LogP contribution is -2.14. The first-order chi connectivity index (χ1) is 13.9. The number of nitrogens with one attached hydrogen (secondary N) is 1. The number of oxazole rings is 1. The van der Waals surface area contributed by atoms with Crippen molar-refractivity contribution in [2.45, 2.75) is 11.3 Å². The fourth-order valence-electron chi connectivity index (χ4n) is 2.94. The second-order valence-corrected chi connectivity index (χ2v) is 8.72. The molecule has 1 N–H and O–H groups in total. The van der Waals surface area contributed by atoms with Crippen molar-refractivity contribution in [2.75, 3.05) is 11.6 Å². The zero-order valence-electron chi connectivity index (χ0n) is 15.6. The molecule has 146 valence electrons. The standard InChI is InChI=1S/C22H18N2O4S/c1-29(26,27)18-12-6-15(7-13-18)14-21(25)23-17-10-8-16(9-11-17)22-24-19-4-2-3-5-20(19)28-22/h2-13H,14H2,1H3,(H,23,25). The van der Waals surface area contributed by atoms with Gasteiger partial charge in [-0.3, -0.25) is 4.79 Å². The fourth-order valence-corrected chi connectivity index (χ4v) is 3.57. The SMILES string of the molecule is CS(=O)(=O)c1ccc(CC(=O)Nc2ccc(-c3nc4ccccc4o3)cc2)cc1. The summed E-state index contributed by atoms with van der Waals surface area (Å²) in [5.74, 6) is 0.335. The number of hydrogen-bond acceptors (Lipinski definition) is 5. The Kier molecular flexibility index (Phi) is 4.90. The van der Waals surface area contributed by atoms with Crippen molar-refractivity contribution in [1.29, 1.82) is 0 Å². The lowest BCUT2D eigenvalue weighted by Gasteiger charge is -2.06. The number of carbonyl (C=O) groups excluding carboxylic acids is 1. The Hall–Kier alpha value is -3.45. The number of sulfone groups is 1. The van der Waals surface area contributed by atoms with Gasteiger partial charge in [-0.1, -0.05) is 24.3 Å². The van der Waals surface area contributed by atoms with E-state index in [0.717, 1.165) is 28.5 Å². The number of para-hydroxylation sites is 2. The van der Waals surface area contributed by atoms with Crippen LogP contribution < -0.4 is 5.32 Å². The summed E-state index contributed by atoms with van der Waals surface area (Å²) < 4.78 is 28.7. The van der Waals surface area contributed by atoms with Crippen LogP contribution in [0.4, 0.5) is 5.69 Å². The molecule has 0 fully saturated rings. The molecular weight excluding hydrogens is 388 g/mol. The number of amides is 1. The van der Waals surface area contributed by atoms with Crippen LogP contribution in [-0.4, -0.2) is 25.6 Å². The van der Waals surface area contributed by atoms with E-state index in [1.807, 2.05) is 36.4 Å². The van der Waals surface area contributed by atoms with Crippen molar-refractivity contribution in [3.8, 4) is 11.5 Å². The number of hydrogen-bond donors (Lipinski definition) is 1.